The Balaban J connectivity index is 1.82. The van der Waals surface area contributed by atoms with Gasteiger partial charge in [0.1, 0.15) is 6.10 Å². The number of amides is 2. The van der Waals surface area contributed by atoms with Gasteiger partial charge in [-0.1, -0.05) is 103 Å². The lowest BCUT2D eigenvalue weighted by Gasteiger charge is -2.31. The summed E-state index contributed by atoms with van der Waals surface area (Å²) in [5.41, 5.74) is 2.62. The summed E-state index contributed by atoms with van der Waals surface area (Å²) in [5.74, 6) is -2.27. The number of allylic oxidation sites excluding steroid dienone is 2. The van der Waals surface area contributed by atoms with Crippen molar-refractivity contribution in [1.82, 2.24) is 10.2 Å². The van der Waals surface area contributed by atoms with Gasteiger partial charge < -0.3 is 24.8 Å². The number of rotatable bonds is 20. The van der Waals surface area contributed by atoms with Crippen LogP contribution in [0.5, 0.6) is 0 Å². The first-order valence-electron chi connectivity index (χ1n) is 15.6. The van der Waals surface area contributed by atoms with Crippen molar-refractivity contribution in [2.75, 3.05) is 26.9 Å². The van der Waals surface area contributed by atoms with E-state index in [2.05, 4.69) is 18.5 Å². The fraction of sp³-hybridized carbons (Fsp3) is 0.342. The SMILES string of the molecule is C=CC[C@H](CC(=O)N(CCO)Cc1ccccc1)C(=O)N[C@@H](COC)[C@@H](OC(=O)[C@@H](CC=C)Cc1ccccc1)c1ccccc1. The predicted molar refractivity (Wildman–Crippen MR) is 179 cm³/mol. The maximum absolute atomic E-state index is 13.8. The number of carbonyl (C=O) groups is 3. The summed E-state index contributed by atoms with van der Waals surface area (Å²) in [5, 5.41) is 12.7. The van der Waals surface area contributed by atoms with Crippen LogP contribution in [0.15, 0.2) is 116 Å². The first-order chi connectivity index (χ1) is 22.4. The average Bonchev–Trinajstić information content (AvgIpc) is 3.07. The molecule has 46 heavy (non-hydrogen) atoms. The number of esters is 1. The first kappa shape index (κ1) is 35.9. The Labute approximate surface area is 272 Å². The molecule has 0 spiro atoms. The molecule has 0 unspecified atom stereocenters. The Morgan fingerprint density at radius 3 is 1.98 bits per heavy atom. The molecule has 2 N–H and O–H groups in total. The molecule has 0 radical (unpaired) electrons. The highest BCUT2D eigenvalue weighted by Gasteiger charge is 2.33. The van der Waals surface area contributed by atoms with Crippen molar-refractivity contribution in [3.63, 3.8) is 0 Å². The highest BCUT2D eigenvalue weighted by molar-refractivity contribution is 5.86. The normalized spacial score (nSPS) is 13.4. The van der Waals surface area contributed by atoms with E-state index in [-0.39, 0.29) is 44.4 Å². The molecule has 0 heterocycles. The molecule has 0 aliphatic carbocycles. The molecular weight excluding hydrogens is 580 g/mol. The molecule has 0 fully saturated rings. The number of nitrogens with one attached hydrogen (secondary N) is 1. The van der Waals surface area contributed by atoms with Crippen LogP contribution in [-0.2, 0) is 36.8 Å². The van der Waals surface area contributed by atoms with Gasteiger partial charge in [-0.2, -0.15) is 0 Å². The van der Waals surface area contributed by atoms with Crippen LogP contribution in [0, 0.1) is 11.8 Å². The zero-order valence-electron chi connectivity index (χ0n) is 26.6. The van der Waals surface area contributed by atoms with E-state index in [4.69, 9.17) is 9.47 Å². The highest BCUT2D eigenvalue weighted by Crippen LogP contribution is 2.26. The zero-order valence-corrected chi connectivity index (χ0v) is 26.6. The van der Waals surface area contributed by atoms with Crippen molar-refractivity contribution in [1.29, 1.82) is 0 Å². The lowest BCUT2D eigenvalue weighted by atomic mass is 9.95. The molecule has 8 heteroatoms. The molecule has 3 aromatic rings. The van der Waals surface area contributed by atoms with Gasteiger partial charge in [0, 0.05) is 26.6 Å². The van der Waals surface area contributed by atoms with Crippen LogP contribution in [0.25, 0.3) is 0 Å². The molecule has 0 saturated carbocycles. The van der Waals surface area contributed by atoms with Gasteiger partial charge in [-0.3, -0.25) is 14.4 Å². The van der Waals surface area contributed by atoms with Gasteiger partial charge in [0.25, 0.3) is 0 Å². The van der Waals surface area contributed by atoms with E-state index in [0.717, 1.165) is 11.1 Å². The third-order valence-corrected chi connectivity index (χ3v) is 7.70. The van der Waals surface area contributed by atoms with Gasteiger partial charge in [0.2, 0.25) is 11.8 Å². The van der Waals surface area contributed by atoms with Crippen LogP contribution >= 0.6 is 0 Å². The van der Waals surface area contributed by atoms with Crippen molar-refractivity contribution in [3.8, 4) is 0 Å². The second-order valence-electron chi connectivity index (χ2n) is 11.2. The lowest BCUT2D eigenvalue weighted by molar-refractivity contribution is -0.158. The molecule has 0 aromatic heterocycles. The summed E-state index contributed by atoms with van der Waals surface area (Å²) in [6.07, 6.45) is 3.52. The molecule has 0 aliphatic rings. The molecule has 0 bridgehead atoms. The average molecular weight is 627 g/mol. The van der Waals surface area contributed by atoms with Crippen molar-refractivity contribution in [3.05, 3.63) is 133 Å². The number of aliphatic hydroxyl groups is 1. The first-order valence-corrected chi connectivity index (χ1v) is 15.6. The minimum atomic E-state index is -0.857. The van der Waals surface area contributed by atoms with Crippen LogP contribution in [-0.4, -0.2) is 60.7 Å². The third kappa shape index (κ3) is 11.4. The molecule has 2 amide bonds. The van der Waals surface area contributed by atoms with Crippen LogP contribution in [0.2, 0.25) is 0 Å². The monoisotopic (exact) mass is 626 g/mol. The molecule has 244 valence electrons. The van der Waals surface area contributed by atoms with Crippen LogP contribution in [0.4, 0.5) is 0 Å². The van der Waals surface area contributed by atoms with Crippen molar-refractivity contribution in [2.45, 2.75) is 44.4 Å². The Hall–Kier alpha value is -4.53. The molecule has 0 saturated heterocycles. The summed E-state index contributed by atoms with van der Waals surface area (Å²) >= 11 is 0. The summed E-state index contributed by atoms with van der Waals surface area (Å²) in [7, 11) is 1.51. The Morgan fingerprint density at radius 2 is 1.41 bits per heavy atom. The third-order valence-electron chi connectivity index (χ3n) is 7.70. The second-order valence-corrected chi connectivity index (χ2v) is 11.2. The maximum atomic E-state index is 13.8. The number of aliphatic hydroxyl groups excluding tert-OH is 1. The topological polar surface area (TPSA) is 105 Å². The van der Waals surface area contributed by atoms with E-state index in [0.29, 0.717) is 24.9 Å². The second kappa shape index (κ2) is 19.8. The lowest BCUT2D eigenvalue weighted by Crippen LogP contribution is -2.47. The molecular formula is C38H46N2O6. The van der Waals surface area contributed by atoms with Crippen molar-refractivity contribution in [2.24, 2.45) is 11.8 Å². The Kier molecular flexibility index (Phi) is 15.4. The fourth-order valence-corrected chi connectivity index (χ4v) is 5.33. The highest BCUT2D eigenvalue weighted by atomic mass is 16.5. The number of nitrogens with zero attached hydrogens (tertiary/aromatic N) is 1. The number of carbonyl (C=O) groups excluding carboxylic acids is 3. The molecule has 4 atom stereocenters. The largest absolute Gasteiger partial charge is 0.455 e. The number of benzene rings is 3. The summed E-state index contributed by atoms with van der Waals surface area (Å²) < 4.78 is 11.7. The van der Waals surface area contributed by atoms with Gasteiger partial charge in [-0.05, 0) is 36.0 Å². The Bertz CT molecular complexity index is 1370. The van der Waals surface area contributed by atoms with E-state index in [1.54, 1.807) is 17.1 Å². The Morgan fingerprint density at radius 1 is 0.848 bits per heavy atom. The van der Waals surface area contributed by atoms with Crippen molar-refractivity contribution < 1.29 is 29.0 Å². The van der Waals surface area contributed by atoms with Gasteiger partial charge in [-0.15, -0.1) is 13.2 Å². The fourth-order valence-electron chi connectivity index (χ4n) is 5.33. The zero-order chi connectivity index (χ0) is 33.1. The summed E-state index contributed by atoms with van der Waals surface area (Å²) in [6.45, 7) is 7.95. The molecule has 3 aromatic carbocycles. The molecule has 3 rings (SSSR count). The van der Waals surface area contributed by atoms with E-state index < -0.39 is 30.0 Å². The minimum absolute atomic E-state index is 0.0583. The van der Waals surface area contributed by atoms with E-state index in [1.807, 2.05) is 91.0 Å². The summed E-state index contributed by atoms with van der Waals surface area (Å²) in [6, 6.07) is 27.7. The quantitative estimate of drug-likeness (QED) is 0.128. The number of ether oxygens (including phenoxy) is 2. The number of hydrogen-bond acceptors (Lipinski definition) is 6. The van der Waals surface area contributed by atoms with Crippen LogP contribution < -0.4 is 5.32 Å². The van der Waals surface area contributed by atoms with E-state index in [9.17, 15) is 19.5 Å². The maximum Gasteiger partial charge on any atom is 0.310 e. The van der Waals surface area contributed by atoms with E-state index in [1.165, 1.54) is 7.11 Å². The van der Waals surface area contributed by atoms with Crippen LogP contribution in [0.1, 0.15) is 42.1 Å². The van der Waals surface area contributed by atoms with Gasteiger partial charge in [0.05, 0.1) is 31.1 Å². The predicted octanol–water partition coefficient (Wildman–Crippen LogP) is 5.44. The standard InChI is InChI=1S/C38H46N2O6/c1-4-15-32(26-35(42)40(23-24-41)27-30-19-11-7-12-20-30)37(43)39-34(28-45-3)36(31-21-13-8-14-22-31)46-38(44)33(16-5-2)25-29-17-9-6-10-18-29/h4-14,17-22,32-34,36,41H,1-2,15-16,23-28H2,3H3,(H,39,43)/t32-,33+,34+,36+/m1/s1. The number of hydrogen-bond donors (Lipinski definition) is 2. The number of methoxy groups -OCH3 is 1. The molecule has 0 aliphatic heterocycles. The van der Waals surface area contributed by atoms with Gasteiger partial charge in [0.15, 0.2) is 0 Å². The van der Waals surface area contributed by atoms with Crippen LogP contribution in [0.3, 0.4) is 0 Å². The summed E-state index contributed by atoms with van der Waals surface area (Å²) in [4.78, 5) is 42.5. The van der Waals surface area contributed by atoms with E-state index >= 15 is 0 Å². The van der Waals surface area contributed by atoms with Gasteiger partial charge >= 0.3 is 5.97 Å². The smallest absolute Gasteiger partial charge is 0.310 e. The molecule has 8 nitrogen and oxygen atoms in total. The minimum Gasteiger partial charge on any atom is -0.455 e. The van der Waals surface area contributed by atoms with Crippen molar-refractivity contribution >= 4 is 17.8 Å². The van der Waals surface area contributed by atoms with Gasteiger partial charge in [-0.25, -0.2) is 0 Å².